The summed E-state index contributed by atoms with van der Waals surface area (Å²) < 4.78 is 63.4. The zero-order chi connectivity index (χ0) is 12.3. The van der Waals surface area contributed by atoms with Crippen LogP contribution in [0.3, 0.4) is 0 Å². The van der Waals surface area contributed by atoms with Gasteiger partial charge in [-0.15, -0.1) is 6.58 Å². The van der Waals surface area contributed by atoms with Gasteiger partial charge in [0.05, 0.1) is 0 Å². The van der Waals surface area contributed by atoms with Crippen LogP contribution in [0.4, 0.5) is 13.2 Å². The highest BCUT2D eigenvalue weighted by Crippen LogP contribution is 2.19. The van der Waals surface area contributed by atoms with Crippen LogP contribution in [0.2, 0.25) is 0 Å². The third-order valence-electron chi connectivity index (χ3n) is 1.65. The lowest BCUT2D eigenvalue weighted by Gasteiger charge is -2.06. The maximum atomic E-state index is 13.1. The van der Waals surface area contributed by atoms with Gasteiger partial charge in [-0.05, 0) is 0 Å². The molecule has 0 unspecified atom stereocenters. The van der Waals surface area contributed by atoms with Crippen molar-refractivity contribution in [3.63, 3.8) is 0 Å². The number of hydrogen-bond acceptors (Lipinski definition) is 2. The van der Waals surface area contributed by atoms with Crippen molar-refractivity contribution in [1.29, 1.82) is 0 Å². The Morgan fingerprint density at radius 2 is 1.75 bits per heavy atom. The van der Waals surface area contributed by atoms with Crippen LogP contribution in [0.1, 0.15) is 0 Å². The SMILES string of the molecule is C=CCNS(=O)(=O)c1c(F)cc(F)cc1F. The number of halogens is 3. The summed E-state index contributed by atoms with van der Waals surface area (Å²) in [6.45, 7) is 3.06. The van der Waals surface area contributed by atoms with Gasteiger partial charge < -0.3 is 0 Å². The molecule has 0 aromatic heterocycles. The van der Waals surface area contributed by atoms with Gasteiger partial charge in [-0.1, -0.05) is 6.08 Å². The highest BCUT2D eigenvalue weighted by molar-refractivity contribution is 7.89. The predicted molar refractivity (Wildman–Crippen MR) is 51.7 cm³/mol. The molecule has 0 aliphatic heterocycles. The second-order valence-corrected chi connectivity index (χ2v) is 4.54. The molecule has 1 N–H and O–H groups in total. The molecule has 0 fully saturated rings. The van der Waals surface area contributed by atoms with Crippen molar-refractivity contribution in [3.8, 4) is 0 Å². The van der Waals surface area contributed by atoms with E-state index in [9.17, 15) is 21.6 Å². The molecule has 16 heavy (non-hydrogen) atoms. The van der Waals surface area contributed by atoms with Gasteiger partial charge in [0, 0.05) is 18.7 Å². The second-order valence-electron chi connectivity index (χ2n) is 2.84. The summed E-state index contributed by atoms with van der Waals surface area (Å²) in [6, 6.07) is 0.594. The van der Waals surface area contributed by atoms with E-state index >= 15 is 0 Å². The Balaban J connectivity index is 3.28. The Kier molecular flexibility index (Phi) is 3.71. The summed E-state index contributed by atoms with van der Waals surface area (Å²) in [5.41, 5.74) is 0. The minimum atomic E-state index is -4.34. The Morgan fingerprint density at radius 1 is 1.25 bits per heavy atom. The molecule has 1 rings (SSSR count). The summed E-state index contributed by atoms with van der Waals surface area (Å²) in [5.74, 6) is -4.14. The fourth-order valence-corrected chi connectivity index (χ4v) is 2.14. The van der Waals surface area contributed by atoms with Crippen molar-refractivity contribution in [2.45, 2.75) is 4.90 Å². The van der Waals surface area contributed by atoms with E-state index < -0.39 is 32.4 Å². The number of nitrogens with one attached hydrogen (secondary N) is 1. The molecule has 0 radical (unpaired) electrons. The summed E-state index contributed by atoms with van der Waals surface area (Å²) in [6.07, 6.45) is 1.21. The normalized spacial score (nSPS) is 11.4. The van der Waals surface area contributed by atoms with Gasteiger partial charge in [-0.2, -0.15) is 0 Å². The molecule has 0 bridgehead atoms. The average molecular weight is 251 g/mol. The fourth-order valence-electron chi connectivity index (χ4n) is 1.03. The molecular formula is C9H8F3NO2S. The lowest BCUT2D eigenvalue weighted by atomic mass is 10.3. The van der Waals surface area contributed by atoms with E-state index in [1.165, 1.54) is 6.08 Å². The van der Waals surface area contributed by atoms with Crippen LogP contribution < -0.4 is 4.72 Å². The van der Waals surface area contributed by atoms with Crippen molar-refractivity contribution >= 4 is 10.0 Å². The van der Waals surface area contributed by atoms with E-state index in [1.807, 2.05) is 4.72 Å². The van der Waals surface area contributed by atoms with Crippen LogP contribution in [0.25, 0.3) is 0 Å². The molecule has 0 spiro atoms. The highest BCUT2D eigenvalue weighted by Gasteiger charge is 2.24. The zero-order valence-corrected chi connectivity index (χ0v) is 8.82. The van der Waals surface area contributed by atoms with E-state index in [2.05, 4.69) is 6.58 Å². The predicted octanol–water partition coefficient (Wildman–Crippen LogP) is 1.57. The molecule has 0 saturated heterocycles. The molecule has 0 heterocycles. The molecule has 0 aliphatic carbocycles. The van der Waals surface area contributed by atoms with Crippen LogP contribution in [0.5, 0.6) is 0 Å². The molecule has 7 heteroatoms. The molecule has 0 amide bonds. The molecule has 1 aromatic carbocycles. The Bertz CT molecular complexity index is 490. The van der Waals surface area contributed by atoms with Crippen LogP contribution >= 0.6 is 0 Å². The van der Waals surface area contributed by atoms with Crippen LogP contribution in [-0.2, 0) is 10.0 Å². The lowest BCUT2D eigenvalue weighted by Crippen LogP contribution is -2.25. The monoisotopic (exact) mass is 251 g/mol. The van der Waals surface area contributed by atoms with Gasteiger partial charge >= 0.3 is 0 Å². The molecule has 0 atom stereocenters. The maximum Gasteiger partial charge on any atom is 0.246 e. The first-order valence-electron chi connectivity index (χ1n) is 4.13. The van der Waals surface area contributed by atoms with E-state index in [0.717, 1.165) is 0 Å². The van der Waals surface area contributed by atoms with Crippen LogP contribution in [0, 0.1) is 17.5 Å². The van der Waals surface area contributed by atoms with E-state index in [1.54, 1.807) is 0 Å². The topological polar surface area (TPSA) is 46.2 Å². The van der Waals surface area contributed by atoms with Crippen LogP contribution in [0.15, 0.2) is 29.7 Å². The first kappa shape index (κ1) is 12.7. The Labute approximate surface area is 90.6 Å². The maximum absolute atomic E-state index is 13.1. The third kappa shape index (κ3) is 2.61. The van der Waals surface area contributed by atoms with E-state index in [0.29, 0.717) is 12.1 Å². The Hall–Kier alpha value is -1.34. The van der Waals surface area contributed by atoms with Crippen molar-refractivity contribution in [1.82, 2.24) is 4.72 Å². The standard InChI is InChI=1S/C9H8F3NO2S/c1-2-3-13-16(14,15)9-7(11)4-6(10)5-8(9)12/h2,4-5,13H,1,3H2. The number of hydrogen-bond donors (Lipinski definition) is 1. The fraction of sp³-hybridized carbons (Fsp3) is 0.111. The summed E-state index contributed by atoms with van der Waals surface area (Å²) in [5, 5.41) is 0. The molecule has 3 nitrogen and oxygen atoms in total. The molecule has 0 saturated carbocycles. The van der Waals surface area contributed by atoms with Gasteiger partial charge in [-0.3, -0.25) is 0 Å². The van der Waals surface area contributed by atoms with Crippen molar-refractivity contribution in [2.75, 3.05) is 6.54 Å². The molecule has 0 aliphatic rings. The molecular weight excluding hydrogens is 243 g/mol. The smallest absolute Gasteiger partial charge is 0.207 e. The molecule has 88 valence electrons. The van der Waals surface area contributed by atoms with Gasteiger partial charge in [0.25, 0.3) is 0 Å². The summed E-state index contributed by atoms with van der Waals surface area (Å²) in [7, 11) is -4.34. The first-order chi connectivity index (χ1) is 7.38. The number of benzene rings is 1. The minimum Gasteiger partial charge on any atom is -0.207 e. The summed E-state index contributed by atoms with van der Waals surface area (Å²) >= 11 is 0. The van der Waals surface area contributed by atoms with Crippen molar-refractivity contribution < 1.29 is 21.6 Å². The molecule has 1 aromatic rings. The largest absolute Gasteiger partial charge is 0.246 e. The van der Waals surface area contributed by atoms with Gasteiger partial charge in [0.15, 0.2) is 4.90 Å². The van der Waals surface area contributed by atoms with Gasteiger partial charge in [0.1, 0.15) is 17.5 Å². The minimum absolute atomic E-state index is 0.182. The highest BCUT2D eigenvalue weighted by atomic mass is 32.2. The zero-order valence-electron chi connectivity index (χ0n) is 8.00. The average Bonchev–Trinajstić information content (AvgIpc) is 2.12. The lowest BCUT2D eigenvalue weighted by molar-refractivity contribution is 0.494. The van der Waals surface area contributed by atoms with E-state index in [4.69, 9.17) is 0 Å². The summed E-state index contributed by atoms with van der Waals surface area (Å²) in [4.78, 5) is -1.20. The van der Waals surface area contributed by atoms with Crippen molar-refractivity contribution in [2.24, 2.45) is 0 Å². The number of rotatable bonds is 4. The Morgan fingerprint density at radius 3 is 2.19 bits per heavy atom. The van der Waals surface area contributed by atoms with Gasteiger partial charge in [-0.25, -0.2) is 26.3 Å². The number of sulfonamides is 1. The van der Waals surface area contributed by atoms with Gasteiger partial charge in [0.2, 0.25) is 10.0 Å². The van der Waals surface area contributed by atoms with Crippen LogP contribution in [-0.4, -0.2) is 15.0 Å². The quantitative estimate of drug-likeness (QED) is 0.825. The second kappa shape index (κ2) is 4.67. The van der Waals surface area contributed by atoms with E-state index in [-0.39, 0.29) is 6.54 Å². The third-order valence-corrected chi connectivity index (χ3v) is 3.12. The first-order valence-corrected chi connectivity index (χ1v) is 5.62. The van der Waals surface area contributed by atoms with Crippen molar-refractivity contribution in [3.05, 3.63) is 42.2 Å².